The van der Waals surface area contributed by atoms with Crippen LogP contribution < -0.4 is 0 Å². The minimum atomic E-state index is -1.02. The van der Waals surface area contributed by atoms with Gasteiger partial charge in [0.25, 0.3) is 0 Å². The van der Waals surface area contributed by atoms with Crippen molar-refractivity contribution >= 4 is 5.97 Å². The molecule has 12 heavy (non-hydrogen) atoms. The van der Waals surface area contributed by atoms with Crippen LogP contribution in [0.25, 0.3) is 0 Å². The van der Waals surface area contributed by atoms with E-state index in [1.54, 1.807) is 0 Å². The Kier molecular flexibility index (Phi) is 2.24. The Morgan fingerprint density at radius 1 is 1.75 bits per heavy atom. The summed E-state index contributed by atoms with van der Waals surface area (Å²) in [5.41, 5.74) is -0.150. The number of carboxylic acid groups (broad SMARTS) is 1. The molecule has 0 amide bonds. The molecule has 1 fully saturated rings. The van der Waals surface area contributed by atoms with Crippen LogP contribution in [0.4, 0.5) is 0 Å². The van der Waals surface area contributed by atoms with Crippen LogP contribution in [0.2, 0.25) is 0 Å². The third-order valence-electron chi connectivity index (χ3n) is 2.34. The van der Waals surface area contributed by atoms with Crippen molar-refractivity contribution in [3.63, 3.8) is 0 Å². The van der Waals surface area contributed by atoms with Gasteiger partial charge in [-0.25, -0.2) is 4.79 Å². The van der Waals surface area contributed by atoms with E-state index < -0.39 is 11.6 Å². The van der Waals surface area contributed by atoms with E-state index in [4.69, 9.17) is 9.84 Å². The second-order valence-electron chi connectivity index (χ2n) is 3.56. The number of rotatable bonds is 2. The summed E-state index contributed by atoms with van der Waals surface area (Å²) < 4.78 is 5.28. The normalized spacial score (nSPS) is 29.8. The third kappa shape index (κ3) is 1.25. The van der Waals surface area contributed by atoms with E-state index in [-0.39, 0.29) is 5.92 Å². The summed E-state index contributed by atoms with van der Waals surface area (Å²) in [7, 11) is 0. The highest BCUT2D eigenvalue weighted by Crippen LogP contribution is 2.35. The average Bonchev–Trinajstić information content (AvgIpc) is 2.32. The molecule has 0 aliphatic carbocycles. The molecule has 3 heteroatoms. The minimum Gasteiger partial charge on any atom is -0.479 e. The second kappa shape index (κ2) is 2.90. The summed E-state index contributed by atoms with van der Waals surface area (Å²) in [6.07, 6.45) is 0.444. The quantitative estimate of drug-likeness (QED) is 0.638. The summed E-state index contributed by atoms with van der Waals surface area (Å²) in [5, 5.41) is 8.99. The second-order valence-corrected chi connectivity index (χ2v) is 3.56. The number of hydrogen-bond donors (Lipinski definition) is 1. The predicted octanol–water partition coefficient (Wildman–Crippen LogP) is 1.44. The zero-order valence-electron chi connectivity index (χ0n) is 7.46. The number of aliphatic carboxylic acids is 1. The fraction of sp³-hybridized carbons (Fsp3) is 0.667. The van der Waals surface area contributed by atoms with Gasteiger partial charge in [-0.15, -0.1) is 0 Å². The van der Waals surface area contributed by atoms with Gasteiger partial charge in [0.1, 0.15) is 0 Å². The first-order valence-electron chi connectivity index (χ1n) is 4.03. The Morgan fingerprint density at radius 2 is 2.33 bits per heavy atom. The van der Waals surface area contributed by atoms with Gasteiger partial charge in [0.15, 0.2) is 5.60 Å². The van der Waals surface area contributed by atoms with Crippen LogP contribution >= 0.6 is 0 Å². The molecule has 0 aromatic rings. The van der Waals surface area contributed by atoms with E-state index in [1.165, 1.54) is 0 Å². The minimum absolute atomic E-state index is 0.0192. The summed E-state index contributed by atoms with van der Waals surface area (Å²) >= 11 is 0. The zero-order valence-corrected chi connectivity index (χ0v) is 7.46. The first kappa shape index (κ1) is 9.26. The Hall–Kier alpha value is -0.830. The molecule has 1 aliphatic rings. The highest BCUT2D eigenvalue weighted by Gasteiger charge is 2.47. The Morgan fingerprint density at radius 3 is 2.50 bits per heavy atom. The van der Waals surface area contributed by atoms with E-state index >= 15 is 0 Å². The van der Waals surface area contributed by atoms with Crippen molar-refractivity contribution in [1.82, 2.24) is 0 Å². The zero-order chi connectivity index (χ0) is 9.35. The monoisotopic (exact) mass is 170 g/mol. The molecule has 68 valence electrons. The molecule has 1 rings (SSSR count). The van der Waals surface area contributed by atoms with Crippen molar-refractivity contribution in [2.45, 2.75) is 25.9 Å². The molecule has 0 radical (unpaired) electrons. The average molecular weight is 170 g/mol. The predicted molar refractivity (Wildman–Crippen MR) is 44.9 cm³/mol. The number of carbonyl (C=O) groups is 1. The standard InChI is InChI=1S/C9H14O3/c1-6(2)9(8(10)11)4-7(3)5-12-9/h6H,3-5H2,1-2H3,(H,10,11). The first-order valence-corrected chi connectivity index (χ1v) is 4.03. The summed E-state index contributed by atoms with van der Waals surface area (Å²) in [6.45, 7) is 7.81. The molecule has 1 saturated heterocycles. The van der Waals surface area contributed by atoms with Gasteiger partial charge in [-0.3, -0.25) is 0 Å². The fourth-order valence-corrected chi connectivity index (χ4v) is 1.46. The topological polar surface area (TPSA) is 46.5 Å². The summed E-state index contributed by atoms with van der Waals surface area (Å²) in [4.78, 5) is 10.9. The fourth-order valence-electron chi connectivity index (χ4n) is 1.46. The maximum atomic E-state index is 10.9. The van der Waals surface area contributed by atoms with Gasteiger partial charge in [-0.05, 0) is 11.5 Å². The van der Waals surface area contributed by atoms with Gasteiger partial charge in [-0.2, -0.15) is 0 Å². The highest BCUT2D eigenvalue weighted by molar-refractivity contribution is 5.79. The maximum absolute atomic E-state index is 10.9. The molecule has 0 aromatic heterocycles. The van der Waals surface area contributed by atoms with E-state index in [1.807, 2.05) is 13.8 Å². The van der Waals surface area contributed by atoms with Crippen LogP contribution in [0.15, 0.2) is 12.2 Å². The van der Waals surface area contributed by atoms with Gasteiger partial charge in [0.2, 0.25) is 0 Å². The molecule has 1 unspecified atom stereocenters. The van der Waals surface area contributed by atoms with Gasteiger partial charge in [0.05, 0.1) is 6.61 Å². The Balaban J connectivity index is 2.89. The van der Waals surface area contributed by atoms with E-state index in [9.17, 15) is 4.79 Å². The lowest BCUT2D eigenvalue weighted by atomic mass is 9.87. The summed E-state index contributed by atoms with van der Waals surface area (Å²) in [5.74, 6) is -0.898. The van der Waals surface area contributed by atoms with Crippen molar-refractivity contribution in [1.29, 1.82) is 0 Å². The number of carboxylic acids is 1. The van der Waals surface area contributed by atoms with Crippen LogP contribution in [0.3, 0.4) is 0 Å². The van der Waals surface area contributed by atoms with Crippen LogP contribution in [-0.2, 0) is 9.53 Å². The third-order valence-corrected chi connectivity index (χ3v) is 2.34. The lowest BCUT2D eigenvalue weighted by Crippen LogP contribution is -2.42. The number of ether oxygens (including phenoxy) is 1. The van der Waals surface area contributed by atoms with Gasteiger partial charge in [-0.1, -0.05) is 20.4 Å². The van der Waals surface area contributed by atoms with Crippen molar-refractivity contribution in [3.05, 3.63) is 12.2 Å². The van der Waals surface area contributed by atoms with Crippen LogP contribution in [-0.4, -0.2) is 23.3 Å². The lowest BCUT2D eigenvalue weighted by molar-refractivity contribution is -0.165. The molecule has 3 nitrogen and oxygen atoms in total. The number of hydrogen-bond acceptors (Lipinski definition) is 2. The molecular formula is C9H14O3. The van der Waals surface area contributed by atoms with Gasteiger partial charge in [0, 0.05) is 6.42 Å². The van der Waals surface area contributed by atoms with E-state index in [0.717, 1.165) is 5.57 Å². The van der Waals surface area contributed by atoms with Crippen LogP contribution in [0.1, 0.15) is 20.3 Å². The molecule has 0 spiro atoms. The molecule has 1 heterocycles. The lowest BCUT2D eigenvalue weighted by Gasteiger charge is -2.26. The van der Waals surface area contributed by atoms with Gasteiger partial charge >= 0.3 is 5.97 Å². The van der Waals surface area contributed by atoms with Crippen molar-refractivity contribution in [2.75, 3.05) is 6.61 Å². The molecule has 1 atom stereocenters. The summed E-state index contributed by atoms with van der Waals surface area (Å²) in [6, 6.07) is 0. The molecular weight excluding hydrogens is 156 g/mol. The van der Waals surface area contributed by atoms with Crippen molar-refractivity contribution in [3.8, 4) is 0 Å². The largest absolute Gasteiger partial charge is 0.479 e. The van der Waals surface area contributed by atoms with Crippen molar-refractivity contribution < 1.29 is 14.6 Å². The van der Waals surface area contributed by atoms with Crippen molar-refractivity contribution in [2.24, 2.45) is 5.92 Å². The molecule has 1 N–H and O–H groups in total. The van der Waals surface area contributed by atoms with Crippen LogP contribution in [0, 0.1) is 5.92 Å². The molecule has 0 saturated carbocycles. The van der Waals surface area contributed by atoms with E-state index in [2.05, 4.69) is 6.58 Å². The highest BCUT2D eigenvalue weighted by atomic mass is 16.5. The molecule has 0 aromatic carbocycles. The molecule has 0 bridgehead atoms. The molecule has 1 aliphatic heterocycles. The Bertz CT molecular complexity index is 220. The maximum Gasteiger partial charge on any atom is 0.336 e. The van der Waals surface area contributed by atoms with Crippen LogP contribution in [0.5, 0.6) is 0 Å². The smallest absolute Gasteiger partial charge is 0.336 e. The van der Waals surface area contributed by atoms with Gasteiger partial charge < -0.3 is 9.84 Å². The Labute approximate surface area is 72.0 Å². The van der Waals surface area contributed by atoms with E-state index in [0.29, 0.717) is 13.0 Å². The SMILES string of the molecule is C=C1COC(C(=O)O)(C(C)C)C1. The first-order chi connectivity index (χ1) is 5.49.